The molecule has 1 aromatic rings. The third kappa shape index (κ3) is 1.87. The third-order valence-corrected chi connectivity index (χ3v) is 4.29. The first kappa shape index (κ1) is 9.73. The Morgan fingerprint density at radius 2 is 2.00 bits per heavy atom. The van der Waals surface area contributed by atoms with E-state index in [0.29, 0.717) is 10.4 Å². The Morgan fingerprint density at radius 1 is 1.42 bits per heavy atom. The van der Waals surface area contributed by atoms with E-state index >= 15 is 0 Å². The van der Waals surface area contributed by atoms with E-state index in [1.54, 1.807) is 6.20 Å². The van der Waals surface area contributed by atoms with Crippen LogP contribution in [0.2, 0.25) is 19.6 Å². The molecule has 1 N–H and O–H groups in total. The lowest BCUT2D eigenvalue weighted by atomic mass is 10.5. The smallest absolute Gasteiger partial charge is 0.147 e. The molecular formula is C8H12BrNOSi. The van der Waals surface area contributed by atoms with Crippen LogP contribution in [0.4, 0.5) is 0 Å². The predicted molar refractivity (Wildman–Crippen MR) is 56.6 cm³/mol. The van der Waals surface area contributed by atoms with Gasteiger partial charge in [-0.25, -0.2) is 4.98 Å². The van der Waals surface area contributed by atoms with Crippen molar-refractivity contribution in [1.29, 1.82) is 0 Å². The molecule has 1 aromatic heterocycles. The van der Waals surface area contributed by atoms with Crippen LogP contribution in [0.5, 0.6) is 5.75 Å². The van der Waals surface area contributed by atoms with Crippen LogP contribution in [0.1, 0.15) is 0 Å². The highest BCUT2D eigenvalue weighted by Gasteiger charge is 2.21. The standard InChI is InChI=1S/C8H12BrNOSi/c1-12(2,3)6-4-5-10-8(9)7(6)11/h4-5,11H,1-3H3. The summed E-state index contributed by atoms with van der Waals surface area (Å²) in [5.74, 6) is 0.302. The molecule has 0 aliphatic rings. The lowest BCUT2D eigenvalue weighted by Gasteiger charge is -2.17. The molecule has 0 amide bonds. The van der Waals surface area contributed by atoms with E-state index < -0.39 is 8.07 Å². The zero-order chi connectivity index (χ0) is 9.35. The fraction of sp³-hybridized carbons (Fsp3) is 0.375. The molecule has 0 saturated heterocycles. The fourth-order valence-electron chi connectivity index (χ4n) is 1.03. The van der Waals surface area contributed by atoms with E-state index in [2.05, 4.69) is 40.6 Å². The van der Waals surface area contributed by atoms with Crippen molar-refractivity contribution in [3.63, 3.8) is 0 Å². The number of halogens is 1. The van der Waals surface area contributed by atoms with Crippen LogP contribution in [0.3, 0.4) is 0 Å². The molecule has 0 aliphatic carbocycles. The van der Waals surface area contributed by atoms with E-state index in [9.17, 15) is 5.11 Å². The lowest BCUT2D eigenvalue weighted by Crippen LogP contribution is -2.37. The van der Waals surface area contributed by atoms with Gasteiger partial charge in [0.2, 0.25) is 0 Å². The predicted octanol–water partition coefficient (Wildman–Crippen LogP) is 2.09. The van der Waals surface area contributed by atoms with Crippen molar-refractivity contribution in [3.8, 4) is 5.75 Å². The number of aromatic nitrogens is 1. The van der Waals surface area contributed by atoms with Crippen LogP contribution in [-0.2, 0) is 0 Å². The van der Waals surface area contributed by atoms with Crippen LogP contribution < -0.4 is 5.19 Å². The van der Waals surface area contributed by atoms with Crippen molar-refractivity contribution < 1.29 is 5.11 Å². The molecule has 0 aliphatic heterocycles. The van der Waals surface area contributed by atoms with Gasteiger partial charge in [0.1, 0.15) is 10.4 Å². The number of hydrogen-bond acceptors (Lipinski definition) is 2. The maximum absolute atomic E-state index is 9.66. The Kier molecular flexibility index (Phi) is 2.58. The number of aromatic hydroxyl groups is 1. The van der Waals surface area contributed by atoms with Gasteiger partial charge in [-0.3, -0.25) is 0 Å². The zero-order valence-electron chi connectivity index (χ0n) is 7.43. The molecule has 0 atom stereocenters. The Bertz CT molecular complexity index is 296. The Morgan fingerprint density at radius 3 is 2.42 bits per heavy atom. The second-order valence-corrected chi connectivity index (χ2v) is 9.54. The number of hydrogen-bond donors (Lipinski definition) is 1. The highest BCUT2D eigenvalue weighted by Crippen LogP contribution is 2.20. The van der Waals surface area contributed by atoms with Gasteiger partial charge >= 0.3 is 0 Å². The van der Waals surface area contributed by atoms with Gasteiger partial charge in [-0.15, -0.1) is 0 Å². The van der Waals surface area contributed by atoms with Crippen LogP contribution >= 0.6 is 15.9 Å². The van der Waals surface area contributed by atoms with Gasteiger partial charge in [-0.2, -0.15) is 0 Å². The maximum atomic E-state index is 9.66. The summed E-state index contributed by atoms with van der Waals surface area (Å²) < 4.78 is 0.544. The summed E-state index contributed by atoms with van der Waals surface area (Å²) in [7, 11) is -1.43. The van der Waals surface area contributed by atoms with Crippen molar-refractivity contribution in [1.82, 2.24) is 4.98 Å². The molecule has 0 aromatic carbocycles. The molecule has 0 radical (unpaired) electrons. The molecule has 1 rings (SSSR count). The van der Waals surface area contributed by atoms with E-state index in [1.165, 1.54) is 0 Å². The first-order valence-corrected chi connectivity index (χ1v) is 8.06. The molecule has 0 bridgehead atoms. The summed E-state index contributed by atoms with van der Waals surface area (Å²) in [5, 5.41) is 10.7. The van der Waals surface area contributed by atoms with Crippen LogP contribution in [0.15, 0.2) is 16.9 Å². The van der Waals surface area contributed by atoms with Crippen molar-refractivity contribution in [2.75, 3.05) is 0 Å². The molecule has 0 spiro atoms. The minimum Gasteiger partial charge on any atom is -0.505 e. The second kappa shape index (κ2) is 3.18. The normalized spacial score (nSPS) is 11.7. The quantitative estimate of drug-likeness (QED) is 0.608. The van der Waals surface area contributed by atoms with Crippen molar-refractivity contribution in [2.45, 2.75) is 19.6 Å². The Balaban J connectivity index is 3.26. The van der Waals surface area contributed by atoms with Crippen molar-refractivity contribution in [2.24, 2.45) is 0 Å². The summed E-state index contributed by atoms with van der Waals surface area (Å²) in [6.07, 6.45) is 1.72. The van der Waals surface area contributed by atoms with Gasteiger partial charge in [0.25, 0.3) is 0 Å². The highest BCUT2D eigenvalue weighted by atomic mass is 79.9. The molecule has 4 heteroatoms. The van der Waals surface area contributed by atoms with Crippen molar-refractivity contribution >= 4 is 29.2 Å². The monoisotopic (exact) mass is 245 g/mol. The van der Waals surface area contributed by atoms with E-state index in [0.717, 1.165) is 5.19 Å². The molecule has 2 nitrogen and oxygen atoms in total. The summed E-state index contributed by atoms with van der Waals surface area (Å²) >= 11 is 3.20. The third-order valence-electron chi connectivity index (χ3n) is 1.69. The molecule has 66 valence electrons. The number of rotatable bonds is 1. The first-order chi connectivity index (χ1) is 5.43. The summed E-state index contributed by atoms with van der Waals surface area (Å²) in [6, 6.07) is 1.90. The Labute approximate surface area is 81.8 Å². The fourth-order valence-corrected chi connectivity index (χ4v) is 2.95. The molecule has 0 fully saturated rings. The second-order valence-electron chi connectivity index (χ2n) is 3.75. The van der Waals surface area contributed by atoms with Crippen LogP contribution in [0.25, 0.3) is 0 Å². The first-order valence-electron chi connectivity index (χ1n) is 3.77. The number of pyridine rings is 1. The molecule has 0 unspecified atom stereocenters. The summed E-state index contributed by atoms with van der Waals surface area (Å²) in [5.41, 5.74) is 0. The molecule has 0 saturated carbocycles. The SMILES string of the molecule is C[Si](C)(C)c1ccnc(Br)c1O. The average Bonchev–Trinajstić information content (AvgIpc) is 1.92. The zero-order valence-corrected chi connectivity index (χ0v) is 10.0. The minimum atomic E-state index is -1.43. The topological polar surface area (TPSA) is 33.1 Å². The van der Waals surface area contributed by atoms with Gasteiger partial charge in [0.05, 0.1) is 8.07 Å². The van der Waals surface area contributed by atoms with E-state index in [1.807, 2.05) is 6.07 Å². The van der Waals surface area contributed by atoms with Crippen LogP contribution in [0, 0.1) is 0 Å². The van der Waals surface area contributed by atoms with Gasteiger partial charge in [0, 0.05) is 6.20 Å². The average molecular weight is 246 g/mol. The molecule has 1 heterocycles. The Hall–Kier alpha value is -0.353. The largest absolute Gasteiger partial charge is 0.505 e. The summed E-state index contributed by atoms with van der Waals surface area (Å²) in [6.45, 7) is 6.57. The highest BCUT2D eigenvalue weighted by molar-refractivity contribution is 9.10. The van der Waals surface area contributed by atoms with Crippen molar-refractivity contribution in [3.05, 3.63) is 16.9 Å². The molecule has 12 heavy (non-hydrogen) atoms. The van der Waals surface area contributed by atoms with Gasteiger partial charge < -0.3 is 5.11 Å². The molecular weight excluding hydrogens is 234 g/mol. The van der Waals surface area contributed by atoms with Gasteiger partial charge in [0.15, 0.2) is 0 Å². The number of nitrogens with zero attached hydrogens (tertiary/aromatic N) is 1. The van der Waals surface area contributed by atoms with E-state index in [-0.39, 0.29) is 0 Å². The minimum absolute atomic E-state index is 0.302. The van der Waals surface area contributed by atoms with Gasteiger partial charge in [-0.05, 0) is 27.2 Å². The lowest BCUT2D eigenvalue weighted by molar-refractivity contribution is 0.472. The van der Waals surface area contributed by atoms with Crippen LogP contribution in [-0.4, -0.2) is 18.2 Å². The van der Waals surface area contributed by atoms with E-state index in [4.69, 9.17) is 0 Å². The van der Waals surface area contributed by atoms with Gasteiger partial charge in [-0.1, -0.05) is 19.6 Å². The maximum Gasteiger partial charge on any atom is 0.147 e. The summed E-state index contributed by atoms with van der Waals surface area (Å²) in [4.78, 5) is 3.94.